The van der Waals surface area contributed by atoms with Crippen LogP contribution < -0.4 is 0 Å². The van der Waals surface area contributed by atoms with Crippen molar-refractivity contribution >= 4 is 17.9 Å². The van der Waals surface area contributed by atoms with Gasteiger partial charge in [-0.25, -0.2) is 0 Å². The summed E-state index contributed by atoms with van der Waals surface area (Å²) in [6.07, 6.45) is 91.0. The lowest BCUT2D eigenvalue weighted by Crippen LogP contribution is -2.30. The lowest BCUT2D eigenvalue weighted by atomic mass is 10.0. The van der Waals surface area contributed by atoms with Gasteiger partial charge >= 0.3 is 17.9 Å². The van der Waals surface area contributed by atoms with Crippen LogP contribution in [0.15, 0.2) is 72.9 Å². The molecule has 0 heterocycles. The third-order valence-corrected chi connectivity index (χ3v) is 15.7. The Balaban J connectivity index is 4.27. The maximum Gasteiger partial charge on any atom is 0.306 e. The molecule has 0 saturated heterocycles. The second-order valence-corrected chi connectivity index (χ2v) is 23.8. The Kier molecular flexibility index (Phi) is 66.6. The molecular weight excluding hydrogens is 997 g/mol. The number of carbonyl (C=O) groups is 3. The SMILES string of the molecule is CC/C=C\C/C=C\C/C=C\C/C=C\CCC(=O)OCC(COC(=O)CCCCCCCCCCCCCCC/C=C\CCCCCCCCCC)OC(=O)CCCCCCCCCCCCCCC/C=C\CCCCCCCCCC. The van der Waals surface area contributed by atoms with E-state index in [-0.39, 0.29) is 37.5 Å². The Morgan fingerprint density at radius 3 is 0.827 bits per heavy atom. The summed E-state index contributed by atoms with van der Waals surface area (Å²) >= 11 is 0. The number of ether oxygens (including phenoxy) is 3. The van der Waals surface area contributed by atoms with E-state index < -0.39 is 6.10 Å². The molecule has 0 amide bonds. The van der Waals surface area contributed by atoms with E-state index in [0.29, 0.717) is 19.3 Å². The molecule has 0 aromatic carbocycles. The van der Waals surface area contributed by atoms with Crippen LogP contribution in [-0.2, 0) is 28.6 Å². The van der Waals surface area contributed by atoms with Crippen molar-refractivity contribution in [2.75, 3.05) is 13.2 Å². The first-order chi connectivity index (χ1) is 40.0. The van der Waals surface area contributed by atoms with E-state index in [2.05, 4.69) is 87.6 Å². The molecule has 0 aliphatic carbocycles. The topological polar surface area (TPSA) is 78.9 Å². The minimum atomic E-state index is -0.805. The van der Waals surface area contributed by atoms with Crippen LogP contribution in [0.5, 0.6) is 0 Å². The monoisotopic (exact) mass is 1130 g/mol. The van der Waals surface area contributed by atoms with E-state index >= 15 is 0 Å². The summed E-state index contributed by atoms with van der Waals surface area (Å²) in [6, 6.07) is 0. The first-order valence-corrected chi connectivity index (χ1v) is 35.4. The molecule has 0 spiro atoms. The molecule has 1 unspecified atom stereocenters. The number of unbranched alkanes of at least 4 members (excludes halogenated alkanes) is 42. The van der Waals surface area contributed by atoms with Crippen LogP contribution in [0.2, 0.25) is 0 Å². The van der Waals surface area contributed by atoms with Gasteiger partial charge in [-0.05, 0) is 96.3 Å². The van der Waals surface area contributed by atoms with Crippen LogP contribution in [0, 0.1) is 0 Å². The van der Waals surface area contributed by atoms with Crippen LogP contribution in [0.4, 0.5) is 0 Å². The van der Waals surface area contributed by atoms with E-state index in [9.17, 15) is 14.4 Å². The number of esters is 3. The highest BCUT2D eigenvalue weighted by molar-refractivity contribution is 5.71. The predicted molar refractivity (Wildman–Crippen MR) is 353 cm³/mol. The quantitative estimate of drug-likeness (QED) is 0.0261. The predicted octanol–water partition coefficient (Wildman–Crippen LogP) is 24.4. The van der Waals surface area contributed by atoms with Gasteiger partial charge < -0.3 is 14.2 Å². The highest BCUT2D eigenvalue weighted by Gasteiger charge is 2.19. The first kappa shape index (κ1) is 77.9. The van der Waals surface area contributed by atoms with Gasteiger partial charge in [0.2, 0.25) is 0 Å². The summed E-state index contributed by atoms with van der Waals surface area (Å²) in [5.74, 6) is -0.961. The number of carbonyl (C=O) groups excluding carboxylic acids is 3. The van der Waals surface area contributed by atoms with Crippen molar-refractivity contribution in [3.8, 4) is 0 Å². The van der Waals surface area contributed by atoms with Crippen LogP contribution in [0.25, 0.3) is 0 Å². The van der Waals surface area contributed by atoms with E-state index in [1.54, 1.807) is 0 Å². The second-order valence-electron chi connectivity index (χ2n) is 23.8. The normalized spacial score (nSPS) is 12.5. The van der Waals surface area contributed by atoms with Gasteiger partial charge in [0, 0.05) is 19.3 Å². The average Bonchev–Trinajstić information content (AvgIpc) is 3.46. The van der Waals surface area contributed by atoms with Gasteiger partial charge in [-0.3, -0.25) is 14.4 Å². The molecule has 0 aliphatic rings. The zero-order valence-corrected chi connectivity index (χ0v) is 54.1. The van der Waals surface area contributed by atoms with Crippen LogP contribution in [-0.4, -0.2) is 37.2 Å². The molecule has 0 aromatic rings. The Morgan fingerprint density at radius 2 is 0.506 bits per heavy atom. The molecule has 0 rings (SSSR count). The molecule has 6 nitrogen and oxygen atoms in total. The van der Waals surface area contributed by atoms with Gasteiger partial charge in [0.1, 0.15) is 13.2 Å². The minimum absolute atomic E-state index is 0.0947. The zero-order valence-electron chi connectivity index (χ0n) is 54.1. The van der Waals surface area contributed by atoms with Crippen molar-refractivity contribution in [1.82, 2.24) is 0 Å². The molecule has 81 heavy (non-hydrogen) atoms. The molecular formula is C75H134O6. The first-order valence-electron chi connectivity index (χ1n) is 35.4. The molecule has 0 aromatic heterocycles. The molecule has 0 saturated carbocycles. The third kappa shape index (κ3) is 67.5. The van der Waals surface area contributed by atoms with Gasteiger partial charge in [0.05, 0.1) is 0 Å². The van der Waals surface area contributed by atoms with Gasteiger partial charge in [-0.15, -0.1) is 0 Å². The molecule has 0 aliphatic heterocycles. The Morgan fingerprint density at radius 1 is 0.259 bits per heavy atom. The maximum absolute atomic E-state index is 12.9. The van der Waals surface area contributed by atoms with E-state index in [1.165, 1.54) is 257 Å². The Hall–Kier alpha value is -3.15. The summed E-state index contributed by atoms with van der Waals surface area (Å²) in [5, 5.41) is 0. The third-order valence-electron chi connectivity index (χ3n) is 15.7. The van der Waals surface area contributed by atoms with Crippen molar-refractivity contribution in [2.45, 2.75) is 374 Å². The molecule has 0 bridgehead atoms. The standard InChI is InChI=1S/C75H134O6/c1-4-7-10-13-16-19-22-25-27-29-31-33-35-37-39-41-43-45-47-50-53-56-59-62-65-68-74(77)80-71-72(70-79-73(76)67-64-61-58-55-52-49-24-21-18-15-12-9-6-3)81-75(78)69-66-63-60-57-54-51-48-46-44-42-40-38-36-34-32-30-28-26-23-20-17-14-11-8-5-2/h9,12,18,21,29-32,49,52,58,61,72H,4-8,10-11,13-17,19-20,22-28,33-48,50-51,53-57,59-60,62-71H2,1-3H3/b12-9-,21-18-,31-29-,32-30-,52-49-,61-58-. The fraction of sp³-hybridized carbons (Fsp3) is 0.800. The van der Waals surface area contributed by atoms with Gasteiger partial charge in [0.15, 0.2) is 6.10 Å². The van der Waals surface area contributed by atoms with Gasteiger partial charge in [-0.1, -0.05) is 325 Å². The molecule has 1 atom stereocenters. The van der Waals surface area contributed by atoms with E-state index in [4.69, 9.17) is 14.2 Å². The Labute approximate surface area is 503 Å². The summed E-state index contributed by atoms with van der Waals surface area (Å²) in [7, 11) is 0. The lowest BCUT2D eigenvalue weighted by molar-refractivity contribution is -0.166. The van der Waals surface area contributed by atoms with Crippen LogP contribution in [0.3, 0.4) is 0 Å². The molecule has 0 N–H and O–H groups in total. The van der Waals surface area contributed by atoms with Crippen molar-refractivity contribution in [3.05, 3.63) is 72.9 Å². The Bertz CT molecular complexity index is 1490. The fourth-order valence-corrected chi connectivity index (χ4v) is 10.4. The summed E-state index contributed by atoms with van der Waals surface area (Å²) < 4.78 is 16.9. The highest BCUT2D eigenvalue weighted by atomic mass is 16.6. The maximum atomic E-state index is 12.9. The molecule has 6 heteroatoms. The second kappa shape index (κ2) is 69.3. The summed E-state index contributed by atoms with van der Waals surface area (Å²) in [5.41, 5.74) is 0. The lowest BCUT2D eigenvalue weighted by Gasteiger charge is -2.18. The summed E-state index contributed by atoms with van der Waals surface area (Å²) in [4.78, 5) is 38.4. The zero-order chi connectivity index (χ0) is 58.5. The van der Waals surface area contributed by atoms with E-state index in [1.807, 2.05) is 6.08 Å². The molecule has 0 radical (unpaired) electrons. The van der Waals surface area contributed by atoms with Crippen molar-refractivity contribution < 1.29 is 28.6 Å². The molecule has 0 fully saturated rings. The minimum Gasteiger partial charge on any atom is -0.462 e. The number of rotatable bonds is 65. The number of hydrogen-bond acceptors (Lipinski definition) is 6. The number of allylic oxidation sites excluding steroid dienone is 12. The van der Waals surface area contributed by atoms with Crippen LogP contribution in [0.1, 0.15) is 367 Å². The average molecular weight is 1130 g/mol. The van der Waals surface area contributed by atoms with Crippen molar-refractivity contribution in [1.29, 1.82) is 0 Å². The van der Waals surface area contributed by atoms with Crippen molar-refractivity contribution in [2.24, 2.45) is 0 Å². The highest BCUT2D eigenvalue weighted by Crippen LogP contribution is 2.18. The molecule has 470 valence electrons. The van der Waals surface area contributed by atoms with Gasteiger partial charge in [-0.2, -0.15) is 0 Å². The smallest absolute Gasteiger partial charge is 0.306 e. The van der Waals surface area contributed by atoms with Crippen molar-refractivity contribution in [3.63, 3.8) is 0 Å². The van der Waals surface area contributed by atoms with Gasteiger partial charge in [0.25, 0.3) is 0 Å². The van der Waals surface area contributed by atoms with E-state index in [0.717, 1.165) is 64.2 Å². The largest absolute Gasteiger partial charge is 0.462 e. The van der Waals surface area contributed by atoms with Crippen LogP contribution >= 0.6 is 0 Å². The summed E-state index contributed by atoms with van der Waals surface area (Å²) in [6.45, 7) is 6.51. The fourth-order valence-electron chi connectivity index (χ4n) is 10.4. The number of hydrogen-bond donors (Lipinski definition) is 0.